The maximum atomic E-state index is 12.8. The van der Waals surface area contributed by atoms with Gasteiger partial charge in [0.2, 0.25) is 0 Å². The van der Waals surface area contributed by atoms with Crippen LogP contribution in [0, 0.1) is 11.8 Å². The Morgan fingerprint density at radius 2 is 1.38 bits per heavy atom. The molecule has 10 heteroatoms. The van der Waals surface area contributed by atoms with Crippen molar-refractivity contribution in [3.05, 3.63) is 54.1 Å². The molecule has 0 aliphatic carbocycles. The van der Waals surface area contributed by atoms with Crippen molar-refractivity contribution >= 4 is 24.1 Å². The molecule has 0 aliphatic rings. The Balaban J connectivity index is 2.26. The predicted molar refractivity (Wildman–Crippen MR) is 156 cm³/mol. The second-order valence-corrected chi connectivity index (χ2v) is 10.8. The van der Waals surface area contributed by atoms with Crippen molar-refractivity contribution in [3.63, 3.8) is 0 Å². The van der Waals surface area contributed by atoms with E-state index in [4.69, 9.17) is 29.4 Å². The Hall–Kier alpha value is -3.92. The van der Waals surface area contributed by atoms with E-state index in [1.807, 2.05) is 27.7 Å². The largest absolute Gasteiger partial charge is 0.514 e. The molecule has 230 valence electrons. The number of benzene rings is 2. The molecule has 0 heterocycles. The van der Waals surface area contributed by atoms with Crippen molar-refractivity contribution in [2.75, 3.05) is 7.11 Å². The van der Waals surface area contributed by atoms with E-state index in [9.17, 15) is 19.2 Å². The molecule has 2 rings (SSSR count). The first-order chi connectivity index (χ1) is 19.9. The number of methoxy groups -OCH3 is 1. The number of esters is 3. The number of ether oxygens (including phenoxy) is 5. The van der Waals surface area contributed by atoms with Crippen LogP contribution in [0.1, 0.15) is 72.3 Å². The molecular formula is C32H43NO9. The number of nitrogens with two attached hydrogens (primary N) is 1. The Labute approximate surface area is 247 Å². The highest BCUT2D eigenvalue weighted by molar-refractivity contribution is 5.81. The average molecular weight is 586 g/mol. The van der Waals surface area contributed by atoms with E-state index in [2.05, 4.69) is 0 Å². The van der Waals surface area contributed by atoms with E-state index in [-0.39, 0.29) is 49.0 Å². The Bertz CT molecular complexity index is 1200. The summed E-state index contributed by atoms with van der Waals surface area (Å²) in [5, 5.41) is 0. The molecule has 2 aromatic carbocycles. The van der Waals surface area contributed by atoms with E-state index in [1.165, 1.54) is 19.2 Å². The Kier molecular flexibility index (Phi) is 13.5. The number of carbonyl (C=O) groups excluding carboxylic acids is 4. The number of para-hydroxylation sites is 1. The zero-order valence-electron chi connectivity index (χ0n) is 25.3. The van der Waals surface area contributed by atoms with E-state index in [0.717, 1.165) is 12.8 Å². The van der Waals surface area contributed by atoms with Crippen molar-refractivity contribution in [1.29, 1.82) is 0 Å². The molecule has 0 spiro atoms. The smallest absolute Gasteiger partial charge is 0.468 e. The topological polar surface area (TPSA) is 140 Å². The Morgan fingerprint density at radius 1 is 0.810 bits per heavy atom. The van der Waals surface area contributed by atoms with Crippen LogP contribution < -0.4 is 19.9 Å². The van der Waals surface area contributed by atoms with Gasteiger partial charge in [0.1, 0.15) is 17.4 Å². The molecule has 3 unspecified atom stereocenters. The van der Waals surface area contributed by atoms with Gasteiger partial charge in [-0.1, -0.05) is 64.8 Å². The fraction of sp³-hybridized carbons (Fsp3) is 0.500. The molecule has 0 saturated carbocycles. The molecule has 0 fully saturated rings. The van der Waals surface area contributed by atoms with Gasteiger partial charge in [-0.2, -0.15) is 0 Å². The lowest BCUT2D eigenvalue weighted by Gasteiger charge is -2.29. The second kappa shape index (κ2) is 16.5. The maximum Gasteiger partial charge on any atom is 0.514 e. The maximum absolute atomic E-state index is 12.8. The summed E-state index contributed by atoms with van der Waals surface area (Å²) >= 11 is 0. The molecule has 0 saturated heterocycles. The number of hydrogen-bond donors (Lipinski definition) is 1. The van der Waals surface area contributed by atoms with Gasteiger partial charge in [0, 0.05) is 25.7 Å². The SMILES string of the molecule is CCC(C)CC(=O)Oc1ccc(CC(N)(C[C@H](C)OC(=O)Oc2ccccc2)C(=O)OC)cc1OC(=O)CC(C)CC. The molecule has 0 amide bonds. The minimum Gasteiger partial charge on any atom is -0.468 e. The highest BCUT2D eigenvalue weighted by Gasteiger charge is 2.38. The number of hydrogen-bond acceptors (Lipinski definition) is 10. The molecule has 0 radical (unpaired) electrons. The van der Waals surface area contributed by atoms with E-state index in [1.54, 1.807) is 43.3 Å². The fourth-order valence-corrected chi connectivity index (χ4v) is 4.14. The van der Waals surface area contributed by atoms with Crippen LogP contribution in [0.3, 0.4) is 0 Å². The fourth-order valence-electron chi connectivity index (χ4n) is 4.14. The van der Waals surface area contributed by atoms with E-state index >= 15 is 0 Å². The van der Waals surface area contributed by atoms with Gasteiger partial charge < -0.3 is 29.4 Å². The standard InChI is InChI=1S/C32H43NO9/c1-7-21(3)16-28(34)41-26-15-14-24(18-27(26)42-29(35)17-22(4)8-2)20-32(33,30(36)38-6)19-23(5)39-31(37)40-25-12-10-9-11-13-25/h9-15,18,21-23H,7-8,16-17,19-20,33H2,1-6H3/t21?,22?,23-,32?/m0/s1. The van der Waals surface area contributed by atoms with Crippen molar-refractivity contribution in [3.8, 4) is 17.2 Å². The van der Waals surface area contributed by atoms with Gasteiger partial charge in [0.05, 0.1) is 7.11 Å². The summed E-state index contributed by atoms with van der Waals surface area (Å²) in [7, 11) is 1.21. The molecular weight excluding hydrogens is 542 g/mol. The molecule has 10 nitrogen and oxygen atoms in total. The lowest BCUT2D eigenvalue weighted by molar-refractivity contribution is -0.148. The van der Waals surface area contributed by atoms with Crippen molar-refractivity contribution < 1.29 is 42.9 Å². The molecule has 0 aromatic heterocycles. The van der Waals surface area contributed by atoms with Crippen LogP contribution in [0.15, 0.2) is 48.5 Å². The van der Waals surface area contributed by atoms with Crippen LogP contribution in [0.5, 0.6) is 17.2 Å². The highest BCUT2D eigenvalue weighted by Crippen LogP contribution is 2.32. The minimum atomic E-state index is -1.62. The quantitative estimate of drug-likeness (QED) is 0.155. The summed E-state index contributed by atoms with van der Waals surface area (Å²) in [5.74, 6) is -0.995. The van der Waals surface area contributed by atoms with Gasteiger partial charge in [-0.25, -0.2) is 4.79 Å². The van der Waals surface area contributed by atoms with Crippen LogP contribution in [0.2, 0.25) is 0 Å². The predicted octanol–water partition coefficient (Wildman–Crippen LogP) is 5.78. The highest BCUT2D eigenvalue weighted by atomic mass is 16.7. The molecule has 0 aliphatic heterocycles. The van der Waals surface area contributed by atoms with Gasteiger partial charge in [0.25, 0.3) is 0 Å². The van der Waals surface area contributed by atoms with Crippen LogP contribution >= 0.6 is 0 Å². The monoisotopic (exact) mass is 585 g/mol. The molecule has 0 bridgehead atoms. The zero-order chi connectivity index (χ0) is 31.3. The number of rotatable bonds is 15. The molecule has 2 N–H and O–H groups in total. The molecule has 4 atom stereocenters. The third kappa shape index (κ3) is 11.2. The van der Waals surface area contributed by atoms with E-state index < -0.39 is 35.7 Å². The first-order valence-corrected chi connectivity index (χ1v) is 14.2. The Morgan fingerprint density at radius 3 is 1.93 bits per heavy atom. The van der Waals surface area contributed by atoms with Crippen molar-refractivity contribution in [2.45, 2.75) is 84.8 Å². The van der Waals surface area contributed by atoms with Gasteiger partial charge in [-0.3, -0.25) is 14.4 Å². The number of carbonyl (C=O) groups is 4. The summed E-state index contributed by atoms with van der Waals surface area (Å²) in [5.41, 5.74) is 5.43. The first kappa shape index (κ1) is 34.3. The van der Waals surface area contributed by atoms with Crippen LogP contribution in [0.4, 0.5) is 4.79 Å². The summed E-state index contributed by atoms with van der Waals surface area (Å²) in [6, 6.07) is 13.0. The average Bonchev–Trinajstić information content (AvgIpc) is 2.93. The molecule has 42 heavy (non-hydrogen) atoms. The van der Waals surface area contributed by atoms with Crippen LogP contribution in [-0.2, 0) is 30.3 Å². The third-order valence-corrected chi connectivity index (χ3v) is 6.88. The summed E-state index contributed by atoms with van der Waals surface area (Å²) in [4.78, 5) is 50.3. The van der Waals surface area contributed by atoms with Gasteiger partial charge >= 0.3 is 24.1 Å². The van der Waals surface area contributed by atoms with Gasteiger partial charge in [-0.05, 0) is 48.6 Å². The summed E-state index contributed by atoms with van der Waals surface area (Å²) < 4.78 is 26.6. The summed E-state index contributed by atoms with van der Waals surface area (Å²) in [6.45, 7) is 9.41. The normalized spacial score (nSPS) is 14.5. The van der Waals surface area contributed by atoms with Gasteiger partial charge in [-0.15, -0.1) is 0 Å². The van der Waals surface area contributed by atoms with E-state index in [0.29, 0.717) is 11.3 Å². The minimum absolute atomic E-state index is 0.0428. The lowest BCUT2D eigenvalue weighted by atomic mass is 9.86. The summed E-state index contributed by atoms with van der Waals surface area (Å²) in [6.07, 6.45) is 0.0631. The van der Waals surface area contributed by atoms with Crippen LogP contribution in [0.25, 0.3) is 0 Å². The zero-order valence-corrected chi connectivity index (χ0v) is 25.3. The van der Waals surface area contributed by atoms with Gasteiger partial charge in [0.15, 0.2) is 11.5 Å². The first-order valence-electron chi connectivity index (χ1n) is 14.2. The molecule has 2 aromatic rings. The second-order valence-electron chi connectivity index (χ2n) is 10.8. The van der Waals surface area contributed by atoms with Crippen molar-refractivity contribution in [2.24, 2.45) is 17.6 Å². The van der Waals surface area contributed by atoms with Crippen LogP contribution in [-0.4, -0.2) is 42.8 Å². The lowest BCUT2D eigenvalue weighted by Crippen LogP contribution is -2.53. The van der Waals surface area contributed by atoms with Crippen molar-refractivity contribution in [1.82, 2.24) is 0 Å². The third-order valence-electron chi connectivity index (χ3n) is 6.88.